The van der Waals surface area contributed by atoms with Crippen LogP contribution in [-0.4, -0.2) is 41.7 Å². The van der Waals surface area contributed by atoms with Gasteiger partial charge in [-0.2, -0.15) is 30.7 Å². The summed E-state index contributed by atoms with van der Waals surface area (Å²) in [5.41, 5.74) is 1.57. The van der Waals surface area contributed by atoms with Gasteiger partial charge in [0.1, 0.15) is 0 Å². The maximum Gasteiger partial charge on any atom is 0.488 e. The summed E-state index contributed by atoms with van der Waals surface area (Å²) in [7, 11) is -2.46. The number of nitrogens with two attached hydrogens (primary N) is 1. The average molecular weight is 362 g/mol. The van der Waals surface area contributed by atoms with E-state index in [-0.39, 0.29) is 12.1 Å². The van der Waals surface area contributed by atoms with E-state index in [2.05, 4.69) is 0 Å². The fourth-order valence-electron chi connectivity index (χ4n) is 1.63. The second-order valence-electron chi connectivity index (χ2n) is 4.62. The van der Waals surface area contributed by atoms with Crippen LogP contribution in [-0.2, 0) is 10.7 Å². The Labute approximate surface area is 130 Å². The molecule has 134 valence electrons. The van der Waals surface area contributed by atoms with Crippen molar-refractivity contribution in [3.63, 3.8) is 0 Å². The highest BCUT2D eigenvalue weighted by atomic mass is 19.4. The fourth-order valence-corrected chi connectivity index (χ4v) is 1.63. The fraction of sp³-hybridized carbons (Fsp3) is 0.364. The third kappa shape index (κ3) is 3.79. The van der Waals surface area contributed by atoms with Crippen LogP contribution in [0.2, 0.25) is 0 Å². The Bertz CT molecular complexity index is 622. The summed E-state index contributed by atoms with van der Waals surface area (Å²) in [5.74, 6) is -13.1. The van der Waals surface area contributed by atoms with Crippen LogP contribution in [0.3, 0.4) is 0 Å². The molecule has 0 unspecified atom stereocenters. The van der Waals surface area contributed by atoms with Crippen LogP contribution in [0.25, 0.3) is 0 Å². The van der Waals surface area contributed by atoms with E-state index in [4.69, 9.17) is 15.8 Å². The number of hydrogen-bond acceptors (Lipinski definition) is 4. The van der Waals surface area contributed by atoms with Crippen molar-refractivity contribution in [2.24, 2.45) is 5.73 Å². The molecule has 0 bridgehead atoms. The largest absolute Gasteiger partial charge is 0.488 e. The molecule has 0 aliphatic heterocycles. The molecule has 0 atom stereocenters. The summed E-state index contributed by atoms with van der Waals surface area (Å²) in [6, 6.07) is 0.908. The Kier molecular flexibility index (Phi) is 5.53. The second-order valence-corrected chi connectivity index (χ2v) is 4.62. The van der Waals surface area contributed by atoms with Gasteiger partial charge in [0.25, 0.3) is 0 Å². The van der Waals surface area contributed by atoms with Gasteiger partial charge in [-0.25, -0.2) is 0 Å². The zero-order valence-corrected chi connectivity index (χ0v) is 11.5. The molecule has 0 aliphatic carbocycles. The Hall–Kier alpha value is -1.86. The van der Waals surface area contributed by atoms with Gasteiger partial charge in [-0.1, -0.05) is 6.07 Å². The van der Waals surface area contributed by atoms with Crippen LogP contribution < -0.4 is 16.5 Å². The van der Waals surface area contributed by atoms with E-state index in [1.165, 1.54) is 0 Å². The van der Waals surface area contributed by atoms with Crippen molar-refractivity contribution in [1.82, 2.24) is 0 Å². The minimum Gasteiger partial charge on any atom is -0.423 e. The van der Waals surface area contributed by atoms with Gasteiger partial charge in [-0.15, -0.1) is 0 Å². The number of halogens is 7. The molecule has 0 saturated carbocycles. The van der Waals surface area contributed by atoms with E-state index in [0.29, 0.717) is 6.07 Å². The first-order chi connectivity index (χ1) is 10.7. The summed E-state index contributed by atoms with van der Waals surface area (Å²) >= 11 is 0. The van der Waals surface area contributed by atoms with Crippen molar-refractivity contribution in [3.8, 4) is 0 Å². The monoisotopic (exact) mass is 362 g/mol. The van der Waals surface area contributed by atoms with Gasteiger partial charge < -0.3 is 21.1 Å². The number of hydrogen-bond donors (Lipinski definition) is 4. The number of alkyl halides is 7. The summed E-state index contributed by atoms with van der Waals surface area (Å²) in [6.45, 7) is -0.643. The van der Waals surface area contributed by atoms with Crippen LogP contribution in [0.5, 0.6) is 0 Å². The highest BCUT2D eigenvalue weighted by Crippen LogP contribution is 2.51. The first-order valence-corrected chi connectivity index (χ1v) is 6.08. The van der Waals surface area contributed by atoms with Crippen molar-refractivity contribution in [3.05, 3.63) is 23.8 Å². The Morgan fingerprint density at radius 2 is 1.62 bits per heavy atom. The highest BCUT2D eigenvalue weighted by Gasteiger charge is 2.73. The highest BCUT2D eigenvalue weighted by molar-refractivity contribution is 6.58. The molecule has 1 rings (SSSR count). The molecule has 13 heteroatoms. The zero-order chi connectivity index (χ0) is 18.9. The van der Waals surface area contributed by atoms with Crippen molar-refractivity contribution in [1.29, 1.82) is 0 Å². The van der Waals surface area contributed by atoms with E-state index in [0.717, 1.165) is 0 Å². The molecule has 0 fully saturated rings. The normalized spacial score (nSPS) is 12.9. The van der Waals surface area contributed by atoms with Crippen LogP contribution in [0.1, 0.15) is 5.56 Å². The van der Waals surface area contributed by atoms with Crippen LogP contribution >= 0.6 is 0 Å². The quantitative estimate of drug-likeness (QED) is 0.455. The first-order valence-electron chi connectivity index (χ1n) is 6.08. The van der Waals surface area contributed by atoms with Crippen molar-refractivity contribution >= 4 is 24.2 Å². The van der Waals surface area contributed by atoms with Gasteiger partial charge in [-0.05, 0) is 17.6 Å². The molecular formula is C11H10BF7N2O3. The standard InChI is InChI=1S/C11H10BF7N2O3/c13-9(14,10(15,16)11(17,18)19)5-1-6(12(23)24)3-7(2-5)21-8(22)4-20/h1-3,23-24H,4,20H2,(H,21,22). The number of benzene rings is 1. The molecule has 1 aromatic carbocycles. The number of anilines is 1. The summed E-state index contributed by atoms with van der Waals surface area (Å²) in [6.07, 6.45) is -6.56. The SMILES string of the molecule is NCC(=O)Nc1cc(B(O)O)cc(C(F)(F)C(F)(F)C(F)(F)F)c1. The maximum absolute atomic E-state index is 13.7. The van der Waals surface area contributed by atoms with E-state index in [1.807, 2.05) is 5.32 Å². The number of nitrogens with one attached hydrogen (secondary N) is 1. The lowest BCUT2D eigenvalue weighted by molar-refractivity contribution is -0.359. The van der Waals surface area contributed by atoms with Gasteiger partial charge in [0, 0.05) is 11.3 Å². The Balaban J connectivity index is 3.48. The first kappa shape index (κ1) is 20.2. The smallest absolute Gasteiger partial charge is 0.423 e. The van der Waals surface area contributed by atoms with Gasteiger partial charge in [-0.3, -0.25) is 4.79 Å². The lowest BCUT2D eigenvalue weighted by atomic mass is 9.78. The van der Waals surface area contributed by atoms with Crippen molar-refractivity contribution in [2.75, 3.05) is 11.9 Å². The molecule has 0 saturated heterocycles. The van der Waals surface area contributed by atoms with Gasteiger partial charge in [0.15, 0.2) is 0 Å². The predicted octanol–water partition coefficient (Wildman–Crippen LogP) is 0.553. The lowest BCUT2D eigenvalue weighted by Gasteiger charge is -2.29. The second kappa shape index (κ2) is 6.57. The Morgan fingerprint density at radius 3 is 2.04 bits per heavy atom. The molecule has 5 N–H and O–H groups in total. The third-order valence-electron chi connectivity index (χ3n) is 2.84. The molecular weight excluding hydrogens is 352 g/mol. The lowest BCUT2D eigenvalue weighted by Crippen LogP contribution is -2.50. The average Bonchev–Trinajstić information content (AvgIpc) is 2.45. The number of carbonyl (C=O) groups is 1. The molecule has 5 nitrogen and oxygen atoms in total. The Morgan fingerprint density at radius 1 is 1.08 bits per heavy atom. The van der Waals surface area contributed by atoms with Crippen LogP contribution in [0.4, 0.5) is 36.4 Å². The zero-order valence-electron chi connectivity index (χ0n) is 11.5. The molecule has 1 amide bonds. The van der Waals surface area contributed by atoms with E-state index < -0.39 is 54.3 Å². The number of amides is 1. The molecule has 0 aromatic heterocycles. The summed E-state index contributed by atoms with van der Waals surface area (Å²) < 4.78 is 90.2. The topological polar surface area (TPSA) is 95.6 Å². The van der Waals surface area contributed by atoms with Crippen LogP contribution in [0.15, 0.2) is 18.2 Å². The van der Waals surface area contributed by atoms with Crippen LogP contribution in [0, 0.1) is 0 Å². The van der Waals surface area contributed by atoms with E-state index in [9.17, 15) is 35.5 Å². The minimum atomic E-state index is -6.56. The molecule has 0 heterocycles. The minimum absolute atomic E-state index is 0.0580. The molecule has 24 heavy (non-hydrogen) atoms. The predicted molar refractivity (Wildman–Crippen MR) is 68.8 cm³/mol. The molecule has 0 aliphatic rings. The molecule has 0 spiro atoms. The number of carbonyl (C=O) groups excluding carboxylic acids is 1. The third-order valence-corrected chi connectivity index (χ3v) is 2.84. The van der Waals surface area contributed by atoms with Gasteiger partial charge in [0.05, 0.1) is 6.54 Å². The van der Waals surface area contributed by atoms with E-state index >= 15 is 0 Å². The van der Waals surface area contributed by atoms with E-state index in [1.54, 1.807) is 0 Å². The van der Waals surface area contributed by atoms with Gasteiger partial charge >= 0.3 is 25.1 Å². The summed E-state index contributed by atoms with van der Waals surface area (Å²) in [4.78, 5) is 11.1. The molecule has 1 aromatic rings. The van der Waals surface area contributed by atoms with Gasteiger partial charge in [0.2, 0.25) is 5.91 Å². The molecule has 0 radical (unpaired) electrons. The van der Waals surface area contributed by atoms with Crippen molar-refractivity contribution in [2.45, 2.75) is 18.0 Å². The number of rotatable bonds is 5. The summed E-state index contributed by atoms with van der Waals surface area (Å²) in [5, 5.41) is 19.8. The maximum atomic E-state index is 13.7. The van der Waals surface area contributed by atoms with Crippen molar-refractivity contribution < 1.29 is 45.6 Å².